The highest BCUT2D eigenvalue weighted by molar-refractivity contribution is 5.94. The van der Waals surface area contributed by atoms with Gasteiger partial charge in [0, 0.05) is 0 Å². The number of benzene rings is 1. The summed E-state index contributed by atoms with van der Waals surface area (Å²) in [5, 5.41) is 2.66. The summed E-state index contributed by atoms with van der Waals surface area (Å²) < 4.78 is 13.5. The molecule has 1 amide bonds. The van der Waals surface area contributed by atoms with Crippen molar-refractivity contribution in [2.45, 2.75) is 32.7 Å². The molecule has 1 atom stereocenters. The number of carbonyl (C=O) groups is 1. The first-order valence-corrected chi connectivity index (χ1v) is 6.87. The van der Waals surface area contributed by atoms with Crippen LogP contribution < -0.4 is 5.32 Å². The van der Waals surface area contributed by atoms with E-state index in [9.17, 15) is 9.18 Å². The van der Waals surface area contributed by atoms with E-state index in [1.807, 2.05) is 6.92 Å². The summed E-state index contributed by atoms with van der Waals surface area (Å²) >= 11 is 0. The molecule has 19 heavy (non-hydrogen) atoms. The first-order chi connectivity index (χ1) is 9.08. The molecule has 0 unspecified atom stereocenters. The van der Waals surface area contributed by atoms with Crippen molar-refractivity contribution < 1.29 is 9.18 Å². The van der Waals surface area contributed by atoms with E-state index in [0.717, 1.165) is 31.8 Å². The third kappa shape index (κ3) is 3.53. The molecule has 0 bridgehead atoms. The summed E-state index contributed by atoms with van der Waals surface area (Å²) in [5.41, 5.74) is 0.254. The molecule has 1 aliphatic rings. The molecule has 0 spiro atoms. The Labute approximate surface area is 113 Å². The fraction of sp³-hybridized carbons (Fsp3) is 0.533. The molecule has 1 saturated heterocycles. The molecule has 1 N–H and O–H groups in total. The van der Waals surface area contributed by atoms with E-state index in [4.69, 9.17) is 0 Å². The van der Waals surface area contributed by atoms with Gasteiger partial charge in [-0.05, 0) is 50.9 Å². The van der Waals surface area contributed by atoms with Gasteiger partial charge in [-0.1, -0.05) is 19.1 Å². The normalized spacial score (nSPS) is 19.1. The van der Waals surface area contributed by atoms with E-state index in [1.165, 1.54) is 6.07 Å². The number of hydrogen-bond donors (Lipinski definition) is 1. The van der Waals surface area contributed by atoms with E-state index < -0.39 is 5.82 Å². The molecular weight excluding hydrogens is 243 g/mol. The van der Waals surface area contributed by atoms with Gasteiger partial charge in [0.15, 0.2) is 0 Å². The molecular formula is C15H21FN2O. The van der Waals surface area contributed by atoms with Gasteiger partial charge in [0.05, 0.1) is 11.7 Å². The highest BCUT2D eigenvalue weighted by atomic mass is 19.1. The molecule has 0 aliphatic carbocycles. The fourth-order valence-electron chi connectivity index (χ4n) is 2.38. The number of nitrogens with one attached hydrogen (secondary N) is 1. The molecule has 1 aliphatic heterocycles. The molecule has 0 saturated carbocycles. The standard InChI is InChI=1S/C15H21FN2O/c1-11-7-9-18(10-8-11)12(2)15(19)17-14-6-4-3-5-13(14)16/h3-6,11-12H,7-10H2,1-2H3,(H,17,19)/t12-/m0/s1. The maximum Gasteiger partial charge on any atom is 0.241 e. The van der Waals surface area contributed by atoms with E-state index in [1.54, 1.807) is 18.2 Å². The van der Waals surface area contributed by atoms with Crippen LogP contribution in [0.5, 0.6) is 0 Å². The number of piperidine rings is 1. The lowest BCUT2D eigenvalue weighted by molar-refractivity contribution is -0.121. The lowest BCUT2D eigenvalue weighted by Gasteiger charge is -2.34. The highest BCUT2D eigenvalue weighted by Gasteiger charge is 2.25. The summed E-state index contributed by atoms with van der Waals surface area (Å²) in [6.45, 7) is 5.99. The topological polar surface area (TPSA) is 32.3 Å². The second kappa shape index (κ2) is 6.15. The minimum Gasteiger partial charge on any atom is -0.322 e. The number of hydrogen-bond acceptors (Lipinski definition) is 2. The first kappa shape index (κ1) is 14.0. The van der Waals surface area contributed by atoms with Crippen molar-refractivity contribution in [3.8, 4) is 0 Å². The molecule has 1 fully saturated rings. The predicted octanol–water partition coefficient (Wildman–Crippen LogP) is 2.88. The number of para-hydroxylation sites is 1. The highest BCUT2D eigenvalue weighted by Crippen LogP contribution is 2.19. The third-order valence-electron chi connectivity index (χ3n) is 3.88. The lowest BCUT2D eigenvalue weighted by Crippen LogP contribution is -2.45. The van der Waals surface area contributed by atoms with Crippen molar-refractivity contribution in [1.29, 1.82) is 0 Å². The van der Waals surface area contributed by atoms with Gasteiger partial charge >= 0.3 is 0 Å². The van der Waals surface area contributed by atoms with E-state index >= 15 is 0 Å². The Kier molecular flexibility index (Phi) is 4.53. The molecule has 4 heteroatoms. The minimum atomic E-state index is -0.393. The molecule has 2 rings (SSSR count). The number of anilines is 1. The van der Waals surface area contributed by atoms with Gasteiger partial charge in [0.2, 0.25) is 5.91 Å². The van der Waals surface area contributed by atoms with Gasteiger partial charge in [-0.3, -0.25) is 9.69 Å². The Hall–Kier alpha value is -1.42. The van der Waals surface area contributed by atoms with Crippen molar-refractivity contribution in [3.63, 3.8) is 0 Å². The summed E-state index contributed by atoms with van der Waals surface area (Å²) in [6, 6.07) is 6.04. The number of nitrogens with zero attached hydrogens (tertiary/aromatic N) is 1. The Morgan fingerprint density at radius 1 is 1.37 bits per heavy atom. The maximum atomic E-state index is 13.5. The average molecular weight is 264 g/mol. The van der Waals surface area contributed by atoms with Crippen LogP contribution >= 0.6 is 0 Å². The zero-order valence-electron chi connectivity index (χ0n) is 11.5. The molecule has 0 aromatic heterocycles. The molecule has 1 aromatic carbocycles. The quantitative estimate of drug-likeness (QED) is 0.910. The SMILES string of the molecule is CC1CCN([C@@H](C)C(=O)Nc2ccccc2F)CC1. The molecule has 104 valence electrons. The smallest absolute Gasteiger partial charge is 0.241 e. The maximum absolute atomic E-state index is 13.5. The number of likely N-dealkylation sites (tertiary alicyclic amines) is 1. The zero-order chi connectivity index (χ0) is 13.8. The lowest BCUT2D eigenvalue weighted by atomic mass is 9.98. The van der Waals surface area contributed by atoms with Gasteiger partial charge in [-0.2, -0.15) is 0 Å². The number of halogens is 1. The van der Waals surface area contributed by atoms with Crippen LogP contribution in [0.3, 0.4) is 0 Å². The molecule has 1 heterocycles. The Bertz CT molecular complexity index is 442. The van der Waals surface area contributed by atoms with E-state index in [2.05, 4.69) is 17.1 Å². The van der Waals surface area contributed by atoms with Crippen molar-refractivity contribution in [2.75, 3.05) is 18.4 Å². The average Bonchev–Trinajstić information content (AvgIpc) is 2.41. The van der Waals surface area contributed by atoms with Crippen LogP contribution in [-0.4, -0.2) is 29.9 Å². The predicted molar refractivity (Wildman–Crippen MR) is 74.5 cm³/mol. The van der Waals surface area contributed by atoms with Crippen LogP contribution in [0.2, 0.25) is 0 Å². The second-order valence-electron chi connectivity index (χ2n) is 5.36. The van der Waals surface area contributed by atoms with Crippen LogP contribution in [-0.2, 0) is 4.79 Å². The summed E-state index contributed by atoms with van der Waals surface area (Å²) in [6.07, 6.45) is 2.24. The number of amides is 1. The third-order valence-corrected chi connectivity index (χ3v) is 3.88. The van der Waals surface area contributed by atoms with Crippen LogP contribution in [0, 0.1) is 11.7 Å². The van der Waals surface area contributed by atoms with E-state index in [-0.39, 0.29) is 17.6 Å². The van der Waals surface area contributed by atoms with Crippen LogP contribution in [0.15, 0.2) is 24.3 Å². The van der Waals surface area contributed by atoms with Crippen LogP contribution in [0.1, 0.15) is 26.7 Å². The Morgan fingerprint density at radius 2 is 2.00 bits per heavy atom. The monoisotopic (exact) mass is 264 g/mol. The van der Waals surface area contributed by atoms with Gasteiger partial charge in [0.1, 0.15) is 5.82 Å². The number of carbonyl (C=O) groups excluding carboxylic acids is 1. The molecule has 3 nitrogen and oxygen atoms in total. The van der Waals surface area contributed by atoms with Gasteiger partial charge in [-0.15, -0.1) is 0 Å². The second-order valence-corrected chi connectivity index (χ2v) is 5.36. The van der Waals surface area contributed by atoms with E-state index in [0.29, 0.717) is 0 Å². The van der Waals surface area contributed by atoms with Crippen molar-refractivity contribution >= 4 is 11.6 Å². The van der Waals surface area contributed by atoms with Crippen LogP contribution in [0.4, 0.5) is 10.1 Å². The molecule has 0 radical (unpaired) electrons. The van der Waals surface area contributed by atoms with Crippen LogP contribution in [0.25, 0.3) is 0 Å². The summed E-state index contributed by atoms with van der Waals surface area (Å²) in [4.78, 5) is 14.3. The molecule has 1 aromatic rings. The minimum absolute atomic E-state index is 0.139. The Morgan fingerprint density at radius 3 is 2.63 bits per heavy atom. The first-order valence-electron chi connectivity index (χ1n) is 6.87. The van der Waals surface area contributed by atoms with Crippen molar-refractivity contribution in [2.24, 2.45) is 5.92 Å². The van der Waals surface area contributed by atoms with Gasteiger partial charge in [-0.25, -0.2) is 4.39 Å². The van der Waals surface area contributed by atoms with Crippen molar-refractivity contribution in [1.82, 2.24) is 4.90 Å². The number of rotatable bonds is 3. The summed E-state index contributed by atoms with van der Waals surface area (Å²) in [7, 11) is 0. The zero-order valence-corrected chi connectivity index (χ0v) is 11.5. The van der Waals surface area contributed by atoms with Crippen molar-refractivity contribution in [3.05, 3.63) is 30.1 Å². The van der Waals surface area contributed by atoms with Gasteiger partial charge < -0.3 is 5.32 Å². The summed E-state index contributed by atoms with van der Waals surface area (Å²) in [5.74, 6) is 0.202. The van der Waals surface area contributed by atoms with Gasteiger partial charge in [0.25, 0.3) is 0 Å². The largest absolute Gasteiger partial charge is 0.322 e. The Balaban J connectivity index is 1.94. The fourth-order valence-corrected chi connectivity index (χ4v) is 2.38.